The Morgan fingerprint density at radius 1 is 1.62 bits per heavy atom. The van der Waals surface area contributed by atoms with E-state index in [1.807, 2.05) is 6.07 Å². The summed E-state index contributed by atoms with van der Waals surface area (Å²) in [6, 6.07) is 7.12. The van der Waals surface area contributed by atoms with Crippen LogP contribution in [0.4, 0.5) is 0 Å². The largest absolute Gasteiger partial charge is 0.273 e. The fourth-order valence-corrected chi connectivity index (χ4v) is 0.964. The summed E-state index contributed by atoms with van der Waals surface area (Å²) >= 11 is 5.72. The predicted octanol–water partition coefficient (Wildman–Crippen LogP) is 1.62. The molecule has 3 nitrogen and oxygen atoms in total. The fourth-order valence-electron chi connectivity index (χ4n) is 0.766. The maximum atomic E-state index is 10.3. The Morgan fingerprint density at radius 3 is 3.00 bits per heavy atom. The maximum Gasteiger partial charge on any atom is 0.240 e. The molecule has 0 aliphatic heterocycles. The number of amides is 1. The summed E-state index contributed by atoms with van der Waals surface area (Å²) in [6.45, 7) is 3.10. The van der Waals surface area contributed by atoms with Crippen molar-refractivity contribution in [3.63, 3.8) is 0 Å². The Balaban J connectivity index is 2.63. The van der Waals surface area contributed by atoms with E-state index >= 15 is 0 Å². The molecular formula is C9H8ClN2O. The van der Waals surface area contributed by atoms with Crippen molar-refractivity contribution in [2.45, 2.75) is 0 Å². The van der Waals surface area contributed by atoms with Crippen LogP contribution in [0.1, 0.15) is 5.56 Å². The number of hydrogen-bond acceptors (Lipinski definition) is 2. The molecule has 0 bridgehead atoms. The summed E-state index contributed by atoms with van der Waals surface area (Å²) in [4.78, 5) is 10.3. The van der Waals surface area contributed by atoms with Crippen LogP contribution in [-0.2, 0) is 4.79 Å². The first-order valence-electron chi connectivity index (χ1n) is 3.59. The number of carbonyl (C=O) groups excluding carboxylic acids is 1. The van der Waals surface area contributed by atoms with E-state index in [0.29, 0.717) is 5.02 Å². The van der Waals surface area contributed by atoms with E-state index in [4.69, 9.17) is 11.6 Å². The van der Waals surface area contributed by atoms with Gasteiger partial charge in [-0.2, -0.15) is 5.10 Å². The summed E-state index contributed by atoms with van der Waals surface area (Å²) < 4.78 is 0. The SMILES string of the molecule is [CH2]C(=O)NN=Cc1cccc(Cl)c1. The quantitative estimate of drug-likeness (QED) is 0.566. The molecule has 0 heterocycles. The average Bonchev–Trinajstić information content (AvgIpc) is 2.03. The minimum absolute atomic E-state index is 0.446. The summed E-state index contributed by atoms with van der Waals surface area (Å²) in [6.07, 6.45) is 1.50. The standard InChI is InChI=1S/C9H8ClN2O/c1-7(13)12-11-6-8-3-2-4-9(10)5-8/h2-6H,1H2,(H,12,13). The number of halogens is 1. The molecule has 0 unspecified atom stereocenters. The van der Waals surface area contributed by atoms with E-state index in [9.17, 15) is 4.79 Å². The van der Waals surface area contributed by atoms with Crippen molar-refractivity contribution in [2.75, 3.05) is 0 Å². The summed E-state index contributed by atoms with van der Waals surface area (Å²) in [5, 5.41) is 4.27. The molecule has 1 rings (SSSR count). The van der Waals surface area contributed by atoms with Crippen LogP contribution in [-0.4, -0.2) is 12.1 Å². The van der Waals surface area contributed by atoms with Gasteiger partial charge in [0.1, 0.15) is 0 Å². The summed E-state index contributed by atoms with van der Waals surface area (Å²) in [5.74, 6) is -0.446. The lowest BCUT2D eigenvalue weighted by atomic mass is 10.2. The highest BCUT2D eigenvalue weighted by Gasteiger charge is 1.89. The number of nitrogens with zero attached hydrogens (tertiary/aromatic N) is 1. The van der Waals surface area contributed by atoms with E-state index in [-0.39, 0.29) is 0 Å². The van der Waals surface area contributed by atoms with Gasteiger partial charge in [0, 0.05) is 11.9 Å². The number of hydrazone groups is 1. The van der Waals surface area contributed by atoms with E-state index in [2.05, 4.69) is 17.5 Å². The third-order valence-electron chi connectivity index (χ3n) is 1.25. The molecule has 0 atom stereocenters. The van der Waals surface area contributed by atoms with Crippen molar-refractivity contribution in [1.29, 1.82) is 0 Å². The third-order valence-corrected chi connectivity index (χ3v) is 1.49. The van der Waals surface area contributed by atoms with Gasteiger partial charge in [-0.15, -0.1) is 0 Å². The smallest absolute Gasteiger partial charge is 0.240 e. The van der Waals surface area contributed by atoms with E-state index < -0.39 is 5.91 Å². The Labute approximate surface area is 81.4 Å². The molecule has 0 aromatic heterocycles. The normalized spacial score (nSPS) is 10.3. The third kappa shape index (κ3) is 3.71. The van der Waals surface area contributed by atoms with Gasteiger partial charge in [-0.1, -0.05) is 23.7 Å². The second-order valence-corrected chi connectivity index (χ2v) is 2.78. The van der Waals surface area contributed by atoms with Gasteiger partial charge in [0.2, 0.25) is 5.91 Å². The zero-order valence-electron chi connectivity index (χ0n) is 6.83. The van der Waals surface area contributed by atoms with Gasteiger partial charge in [0.25, 0.3) is 0 Å². The van der Waals surface area contributed by atoms with E-state index in [1.165, 1.54) is 6.21 Å². The van der Waals surface area contributed by atoms with Crippen LogP contribution in [0, 0.1) is 6.92 Å². The van der Waals surface area contributed by atoms with Gasteiger partial charge in [-0.05, 0) is 17.7 Å². The molecule has 13 heavy (non-hydrogen) atoms. The van der Waals surface area contributed by atoms with E-state index in [1.54, 1.807) is 18.2 Å². The minimum atomic E-state index is -0.446. The first kappa shape index (κ1) is 9.74. The lowest BCUT2D eigenvalue weighted by Crippen LogP contribution is -2.12. The van der Waals surface area contributed by atoms with Crippen LogP contribution in [0.5, 0.6) is 0 Å². The molecule has 67 valence electrons. The molecule has 1 amide bonds. The van der Waals surface area contributed by atoms with Crippen LogP contribution >= 0.6 is 11.6 Å². The Hall–Kier alpha value is -1.35. The van der Waals surface area contributed by atoms with Crippen LogP contribution in [0.3, 0.4) is 0 Å². The molecule has 0 aliphatic rings. The fraction of sp³-hybridized carbons (Fsp3) is 0. The number of nitrogens with one attached hydrogen (secondary N) is 1. The number of hydrogen-bond donors (Lipinski definition) is 1. The molecule has 1 radical (unpaired) electrons. The highest BCUT2D eigenvalue weighted by molar-refractivity contribution is 6.30. The second kappa shape index (κ2) is 4.62. The monoisotopic (exact) mass is 195 g/mol. The molecule has 0 aliphatic carbocycles. The molecule has 0 fully saturated rings. The summed E-state index contributed by atoms with van der Waals surface area (Å²) in [5.41, 5.74) is 3.01. The van der Waals surface area contributed by atoms with Gasteiger partial charge < -0.3 is 0 Å². The average molecular weight is 196 g/mol. The Morgan fingerprint density at radius 2 is 2.38 bits per heavy atom. The summed E-state index contributed by atoms with van der Waals surface area (Å²) in [7, 11) is 0. The van der Waals surface area contributed by atoms with Crippen molar-refractivity contribution in [2.24, 2.45) is 5.10 Å². The van der Waals surface area contributed by atoms with Crippen molar-refractivity contribution in [3.05, 3.63) is 41.8 Å². The van der Waals surface area contributed by atoms with Crippen LogP contribution in [0.2, 0.25) is 5.02 Å². The number of carbonyl (C=O) groups is 1. The first-order valence-corrected chi connectivity index (χ1v) is 3.97. The molecule has 1 aromatic rings. The van der Waals surface area contributed by atoms with Crippen LogP contribution in [0.25, 0.3) is 0 Å². The zero-order valence-corrected chi connectivity index (χ0v) is 7.58. The van der Waals surface area contributed by atoms with Crippen molar-refractivity contribution in [1.82, 2.24) is 5.43 Å². The van der Waals surface area contributed by atoms with Gasteiger partial charge in [0.15, 0.2) is 0 Å². The molecule has 0 spiro atoms. The van der Waals surface area contributed by atoms with E-state index in [0.717, 1.165) is 5.56 Å². The van der Waals surface area contributed by atoms with Crippen molar-refractivity contribution >= 4 is 23.7 Å². The number of benzene rings is 1. The minimum Gasteiger partial charge on any atom is -0.273 e. The van der Waals surface area contributed by atoms with Crippen LogP contribution < -0.4 is 5.43 Å². The molecule has 0 saturated carbocycles. The molecule has 1 N–H and O–H groups in total. The Bertz CT molecular complexity index is 336. The highest BCUT2D eigenvalue weighted by Crippen LogP contribution is 2.08. The second-order valence-electron chi connectivity index (χ2n) is 2.35. The van der Waals surface area contributed by atoms with Gasteiger partial charge in [-0.3, -0.25) is 4.79 Å². The molecule has 0 saturated heterocycles. The Kier molecular flexibility index (Phi) is 3.46. The molecule has 1 aromatic carbocycles. The van der Waals surface area contributed by atoms with Crippen molar-refractivity contribution < 1.29 is 4.79 Å². The lowest BCUT2D eigenvalue weighted by molar-refractivity contribution is -0.116. The zero-order chi connectivity index (χ0) is 9.68. The van der Waals surface area contributed by atoms with Gasteiger partial charge in [-0.25, -0.2) is 5.43 Å². The van der Waals surface area contributed by atoms with Gasteiger partial charge >= 0.3 is 0 Å². The molecular weight excluding hydrogens is 188 g/mol. The maximum absolute atomic E-state index is 10.3. The molecule has 4 heteroatoms. The predicted molar refractivity (Wildman–Crippen MR) is 52.5 cm³/mol. The lowest BCUT2D eigenvalue weighted by Gasteiger charge is -1.93. The topological polar surface area (TPSA) is 41.5 Å². The highest BCUT2D eigenvalue weighted by atomic mass is 35.5. The number of rotatable bonds is 2. The first-order chi connectivity index (χ1) is 6.18. The van der Waals surface area contributed by atoms with Gasteiger partial charge in [0.05, 0.1) is 6.21 Å². The van der Waals surface area contributed by atoms with Crippen molar-refractivity contribution in [3.8, 4) is 0 Å². The van der Waals surface area contributed by atoms with Crippen LogP contribution in [0.15, 0.2) is 29.4 Å².